The van der Waals surface area contributed by atoms with Gasteiger partial charge in [-0.1, -0.05) is 276 Å². The van der Waals surface area contributed by atoms with Crippen molar-refractivity contribution in [2.24, 2.45) is 0 Å². The fraction of sp³-hybridized carbons (Fsp3) is 0.932. The maximum absolute atomic E-state index is 12.5. The number of allylic oxidation sites excluding steroid dienone is 2. The number of carbonyl (C=O) groups excluding carboxylic acids is 2. The van der Waals surface area contributed by atoms with Crippen LogP contribution < -0.4 is 5.32 Å². The van der Waals surface area contributed by atoms with Crippen LogP contribution in [0, 0.1) is 0 Å². The Hall–Kier alpha value is -1.40. The molecule has 0 fully saturated rings. The monoisotopic (exact) mass is 918 g/mol. The van der Waals surface area contributed by atoms with Crippen LogP contribution in [-0.4, -0.2) is 47.4 Å². The number of rotatable bonds is 55. The third-order valence-electron chi connectivity index (χ3n) is 13.8. The SMILES string of the molecule is CCCCCCCCC/C=C\CCCCCCCCCC(=O)OCCCCCCCCCCCCC(=O)NC(CO)C(O)CCCCCCCCCCCCCCCCCCCCCC. The summed E-state index contributed by atoms with van der Waals surface area (Å²) >= 11 is 0. The van der Waals surface area contributed by atoms with Gasteiger partial charge in [-0.25, -0.2) is 0 Å². The second kappa shape index (κ2) is 55.2. The third kappa shape index (κ3) is 51.8. The topological polar surface area (TPSA) is 95.9 Å². The summed E-state index contributed by atoms with van der Waals surface area (Å²) in [5.74, 6) is -0.0749. The van der Waals surface area contributed by atoms with Gasteiger partial charge >= 0.3 is 5.97 Å². The lowest BCUT2D eigenvalue weighted by atomic mass is 10.0. The first kappa shape index (κ1) is 63.6. The lowest BCUT2D eigenvalue weighted by Crippen LogP contribution is -2.45. The Morgan fingerprint density at radius 3 is 1.09 bits per heavy atom. The molecule has 0 bridgehead atoms. The molecular weight excluding hydrogens is 803 g/mol. The van der Waals surface area contributed by atoms with Gasteiger partial charge in [0, 0.05) is 12.8 Å². The average molecular weight is 919 g/mol. The van der Waals surface area contributed by atoms with E-state index in [9.17, 15) is 19.8 Å². The maximum Gasteiger partial charge on any atom is 0.305 e. The zero-order chi connectivity index (χ0) is 47.2. The van der Waals surface area contributed by atoms with Crippen molar-refractivity contribution in [3.8, 4) is 0 Å². The van der Waals surface area contributed by atoms with E-state index in [2.05, 4.69) is 31.3 Å². The van der Waals surface area contributed by atoms with Crippen molar-refractivity contribution in [2.45, 2.75) is 341 Å². The fourth-order valence-electron chi connectivity index (χ4n) is 9.28. The highest BCUT2D eigenvalue weighted by atomic mass is 16.5. The average Bonchev–Trinajstić information content (AvgIpc) is 3.31. The van der Waals surface area contributed by atoms with E-state index in [1.54, 1.807) is 0 Å². The van der Waals surface area contributed by atoms with Gasteiger partial charge in [0.15, 0.2) is 0 Å². The number of unbranched alkanes of at least 4 members (excludes halogenated alkanes) is 42. The minimum Gasteiger partial charge on any atom is -0.466 e. The number of hydrogen-bond acceptors (Lipinski definition) is 5. The largest absolute Gasteiger partial charge is 0.466 e. The molecule has 0 aromatic rings. The molecule has 6 heteroatoms. The van der Waals surface area contributed by atoms with Gasteiger partial charge < -0.3 is 20.3 Å². The second-order valence-corrected chi connectivity index (χ2v) is 20.3. The quantitative estimate of drug-likeness (QED) is 0.0321. The fourth-order valence-corrected chi connectivity index (χ4v) is 9.28. The molecular formula is C59H115NO5. The predicted molar refractivity (Wildman–Crippen MR) is 283 cm³/mol. The summed E-state index contributed by atoms with van der Waals surface area (Å²) in [6.07, 6.45) is 64.8. The standard InChI is InChI=1S/C59H115NO5/c1-3-5-7-9-11-13-15-17-19-21-23-24-25-27-29-31-35-39-43-47-51-57(62)56(55-61)60-58(63)52-48-44-40-36-33-34-38-42-46-50-54-65-59(64)53-49-45-41-37-32-30-28-26-22-20-18-16-14-12-10-8-6-4-2/h20,22,56-57,61-62H,3-19,21,23-55H2,1-2H3,(H,60,63)/b22-20-. The first-order valence-corrected chi connectivity index (χ1v) is 29.4. The molecule has 0 saturated carbocycles. The molecule has 0 aliphatic heterocycles. The molecule has 0 radical (unpaired) electrons. The second-order valence-electron chi connectivity index (χ2n) is 20.3. The van der Waals surface area contributed by atoms with Gasteiger partial charge in [0.05, 0.1) is 25.4 Å². The van der Waals surface area contributed by atoms with E-state index in [-0.39, 0.29) is 18.5 Å². The van der Waals surface area contributed by atoms with Crippen molar-refractivity contribution < 1.29 is 24.5 Å². The summed E-state index contributed by atoms with van der Waals surface area (Å²) in [5.41, 5.74) is 0. The lowest BCUT2D eigenvalue weighted by molar-refractivity contribution is -0.143. The van der Waals surface area contributed by atoms with Crippen LogP contribution in [0.4, 0.5) is 0 Å². The van der Waals surface area contributed by atoms with Crippen LogP contribution in [0.5, 0.6) is 0 Å². The van der Waals surface area contributed by atoms with Crippen molar-refractivity contribution in [3.63, 3.8) is 0 Å². The lowest BCUT2D eigenvalue weighted by Gasteiger charge is -2.22. The molecule has 0 spiro atoms. The van der Waals surface area contributed by atoms with Crippen molar-refractivity contribution in [3.05, 3.63) is 12.2 Å². The van der Waals surface area contributed by atoms with E-state index in [1.807, 2.05) is 0 Å². The Bertz CT molecular complexity index is 970. The molecule has 6 nitrogen and oxygen atoms in total. The van der Waals surface area contributed by atoms with Gasteiger partial charge in [0.1, 0.15) is 0 Å². The Balaban J connectivity index is 3.45. The van der Waals surface area contributed by atoms with Crippen LogP contribution in [-0.2, 0) is 14.3 Å². The zero-order valence-electron chi connectivity index (χ0n) is 44.0. The molecule has 2 atom stereocenters. The Morgan fingerprint density at radius 2 is 0.723 bits per heavy atom. The summed E-state index contributed by atoms with van der Waals surface area (Å²) in [5, 5.41) is 23.3. The summed E-state index contributed by atoms with van der Waals surface area (Å²) in [6.45, 7) is 4.92. The summed E-state index contributed by atoms with van der Waals surface area (Å²) in [4.78, 5) is 24.6. The van der Waals surface area contributed by atoms with E-state index >= 15 is 0 Å². The first-order chi connectivity index (χ1) is 32.0. The van der Waals surface area contributed by atoms with Gasteiger partial charge in [-0.3, -0.25) is 9.59 Å². The molecule has 1 amide bonds. The molecule has 0 aliphatic rings. The van der Waals surface area contributed by atoms with E-state index < -0.39 is 12.1 Å². The number of ether oxygens (including phenoxy) is 1. The van der Waals surface area contributed by atoms with Gasteiger partial charge in [-0.05, 0) is 51.4 Å². The van der Waals surface area contributed by atoms with Crippen molar-refractivity contribution in [1.82, 2.24) is 5.32 Å². The van der Waals surface area contributed by atoms with E-state index in [4.69, 9.17) is 4.74 Å². The highest BCUT2D eigenvalue weighted by Crippen LogP contribution is 2.18. The first-order valence-electron chi connectivity index (χ1n) is 29.4. The number of amides is 1. The molecule has 0 rings (SSSR count). The third-order valence-corrected chi connectivity index (χ3v) is 13.8. The Labute approximate surface area is 406 Å². The van der Waals surface area contributed by atoms with Gasteiger partial charge in [-0.2, -0.15) is 0 Å². The number of nitrogens with one attached hydrogen (secondary N) is 1. The molecule has 2 unspecified atom stereocenters. The minimum atomic E-state index is -0.679. The summed E-state index contributed by atoms with van der Waals surface area (Å²) in [6, 6.07) is -0.559. The number of esters is 1. The number of aliphatic hydroxyl groups is 2. The van der Waals surface area contributed by atoms with Gasteiger partial charge in [0.25, 0.3) is 0 Å². The summed E-state index contributed by atoms with van der Waals surface area (Å²) < 4.78 is 5.47. The highest BCUT2D eigenvalue weighted by Gasteiger charge is 2.20. The van der Waals surface area contributed by atoms with Crippen LogP contribution in [0.15, 0.2) is 12.2 Å². The van der Waals surface area contributed by atoms with E-state index in [1.165, 1.54) is 238 Å². The predicted octanol–water partition coefficient (Wildman–Crippen LogP) is 18.1. The Morgan fingerprint density at radius 1 is 0.415 bits per heavy atom. The van der Waals surface area contributed by atoms with Crippen LogP contribution in [0.1, 0.15) is 328 Å². The molecule has 65 heavy (non-hydrogen) atoms. The van der Waals surface area contributed by atoms with Crippen LogP contribution in [0.2, 0.25) is 0 Å². The van der Waals surface area contributed by atoms with Crippen LogP contribution in [0.3, 0.4) is 0 Å². The summed E-state index contributed by atoms with van der Waals surface area (Å²) in [7, 11) is 0. The van der Waals surface area contributed by atoms with Crippen molar-refractivity contribution in [2.75, 3.05) is 13.2 Å². The number of hydrogen-bond donors (Lipinski definition) is 3. The maximum atomic E-state index is 12.5. The number of aliphatic hydroxyl groups excluding tert-OH is 2. The van der Waals surface area contributed by atoms with Gasteiger partial charge in [0.2, 0.25) is 5.91 Å². The minimum absolute atomic E-state index is 0.0205. The smallest absolute Gasteiger partial charge is 0.305 e. The molecule has 0 heterocycles. The molecule has 0 aromatic heterocycles. The van der Waals surface area contributed by atoms with Crippen LogP contribution in [0.25, 0.3) is 0 Å². The molecule has 3 N–H and O–H groups in total. The number of carbonyl (C=O) groups is 2. The Kier molecular flexibility index (Phi) is 54.0. The van der Waals surface area contributed by atoms with E-state index in [0.29, 0.717) is 25.9 Å². The normalized spacial score (nSPS) is 12.6. The van der Waals surface area contributed by atoms with Crippen molar-refractivity contribution >= 4 is 11.9 Å². The molecule has 386 valence electrons. The van der Waals surface area contributed by atoms with Crippen molar-refractivity contribution in [1.29, 1.82) is 0 Å². The van der Waals surface area contributed by atoms with Gasteiger partial charge in [-0.15, -0.1) is 0 Å². The zero-order valence-corrected chi connectivity index (χ0v) is 44.0. The molecule has 0 saturated heterocycles. The van der Waals surface area contributed by atoms with Crippen LogP contribution >= 0.6 is 0 Å². The highest BCUT2D eigenvalue weighted by molar-refractivity contribution is 5.76. The molecule has 0 aromatic carbocycles. The molecule has 0 aliphatic carbocycles. The van der Waals surface area contributed by atoms with E-state index in [0.717, 1.165) is 57.8 Å².